The molecule has 3 heterocycles. The Hall–Kier alpha value is -7.80. The second-order valence-electron chi connectivity index (χ2n) is 15.4. The quantitative estimate of drug-likeness (QED) is 0.137. The first-order valence-corrected chi connectivity index (χ1v) is 21.1. The maximum absolute atomic E-state index is 8.88. The van der Waals surface area contributed by atoms with Crippen LogP contribution < -0.4 is 5.73 Å². The van der Waals surface area contributed by atoms with E-state index in [9.17, 15) is 0 Å². The van der Waals surface area contributed by atoms with E-state index in [2.05, 4.69) is 138 Å². The topological polar surface area (TPSA) is 80.3 Å². The summed E-state index contributed by atoms with van der Waals surface area (Å²) in [6.07, 6.45) is 0. The van der Waals surface area contributed by atoms with E-state index in [1.165, 1.54) is 47.5 Å². The molecule has 0 fully saturated rings. The number of nitrogens with two attached hydrogens (primary N) is 1. The number of fused-ring (bicyclic) bond motifs is 10. The van der Waals surface area contributed by atoms with Crippen LogP contribution in [0.15, 0.2) is 204 Å². The molecule has 290 valence electrons. The maximum atomic E-state index is 8.88. The van der Waals surface area contributed by atoms with Gasteiger partial charge >= 0.3 is 0 Å². The lowest BCUT2D eigenvalue weighted by Gasteiger charge is -2.13. The number of furan rings is 1. The normalized spacial score (nSPS) is 11.9. The molecule has 12 rings (SSSR count). The van der Waals surface area contributed by atoms with E-state index >= 15 is 0 Å². The molecule has 0 saturated carbocycles. The predicted octanol–water partition coefficient (Wildman–Crippen LogP) is 14.6. The van der Waals surface area contributed by atoms with Gasteiger partial charge in [0.25, 0.3) is 0 Å². The van der Waals surface area contributed by atoms with Gasteiger partial charge in [-0.2, -0.15) is 0 Å². The van der Waals surface area contributed by atoms with Crippen molar-refractivity contribution in [3.8, 4) is 16.8 Å². The lowest BCUT2D eigenvalue weighted by atomic mass is 9.96. The summed E-state index contributed by atoms with van der Waals surface area (Å²) < 4.78 is 11.3. The van der Waals surface area contributed by atoms with Gasteiger partial charge < -0.3 is 14.7 Å². The van der Waals surface area contributed by atoms with Gasteiger partial charge in [0, 0.05) is 58.5 Å². The summed E-state index contributed by atoms with van der Waals surface area (Å²) in [5.41, 5.74) is 16.7. The molecule has 0 saturated heterocycles. The lowest BCUT2D eigenvalue weighted by molar-refractivity contribution is 0.669. The van der Waals surface area contributed by atoms with Crippen LogP contribution in [0.25, 0.3) is 91.5 Å². The molecule has 61 heavy (non-hydrogen) atoms. The third-order valence-corrected chi connectivity index (χ3v) is 12.7. The van der Waals surface area contributed by atoms with Crippen molar-refractivity contribution in [2.45, 2.75) is 6.92 Å². The molecule has 3 aromatic heterocycles. The van der Waals surface area contributed by atoms with Gasteiger partial charge in [0.05, 0.1) is 11.0 Å². The van der Waals surface area contributed by atoms with Crippen LogP contribution in [0, 0.1) is 12.3 Å². The Kier molecular flexibility index (Phi) is 8.80. The van der Waals surface area contributed by atoms with E-state index in [0.717, 1.165) is 55.1 Å². The molecule has 12 aromatic rings. The molecule has 0 atom stereocenters. The highest BCUT2D eigenvalue weighted by Gasteiger charge is 2.20. The van der Waals surface area contributed by atoms with Crippen molar-refractivity contribution in [2.24, 2.45) is 10.7 Å². The number of rotatable bonds is 4. The summed E-state index contributed by atoms with van der Waals surface area (Å²) in [4.78, 5) is 4.63. The number of aromatic nitrogens is 1. The van der Waals surface area contributed by atoms with E-state index in [4.69, 9.17) is 15.6 Å². The van der Waals surface area contributed by atoms with Gasteiger partial charge in [-0.3, -0.25) is 5.41 Å². The number of thiophene rings is 1. The van der Waals surface area contributed by atoms with Crippen LogP contribution in [0.5, 0.6) is 0 Å². The molecular weight excluding hydrogens is 765 g/mol. The van der Waals surface area contributed by atoms with Crippen LogP contribution in [-0.2, 0) is 0 Å². The Balaban J connectivity index is 0.000000549. The fraction of sp³-hybridized carbons (Fsp3) is 0.0182. The van der Waals surface area contributed by atoms with E-state index in [1.54, 1.807) is 0 Å². The first kappa shape index (κ1) is 36.3. The average molecular weight is 803 g/mol. The molecular formula is C55H38N4OS. The number of nitrogens with one attached hydrogen (secondary N) is 1. The largest absolute Gasteiger partial charge is 0.456 e. The molecule has 6 heteroatoms. The number of amidine groups is 2. The molecule has 0 aliphatic carbocycles. The molecule has 0 aliphatic heterocycles. The van der Waals surface area contributed by atoms with Crippen molar-refractivity contribution in [1.29, 1.82) is 5.41 Å². The minimum Gasteiger partial charge on any atom is -0.456 e. The Morgan fingerprint density at radius 2 is 1.25 bits per heavy atom. The molecule has 0 aliphatic rings. The smallest absolute Gasteiger partial charge is 0.154 e. The SMILES string of the molecule is Cc1ccccc1.N=C(N=C(N)c1cccc2oc3ccc(-c4cc(-n5c6ccccc6c6ccccc65)cc5sc6ccccc6c45)cc3c12)c1ccc2ccccc2c1. The van der Waals surface area contributed by atoms with Crippen LogP contribution in [0.3, 0.4) is 0 Å². The highest BCUT2D eigenvalue weighted by molar-refractivity contribution is 7.26. The van der Waals surface area contributed by atoms with Gasteiger partial charge in [-0.05, 0) is 83.4 Å². The van der Waals surface area contributed by atoms with Crippen molar-refractivity contribution in [3.63, 3.8) is 0 Å². The molecule has 0 bridgehead atoms. The standard InChI is InChI=1S/C48H30N4OS.C7H8/c49-47(31-21-20-28-10-1-2-11-29(28)24-31)51-48(50)36-15-9-18-42-45(36)38-25-30(22-23-41(38)53-42)37-26-32(27-44-46(37)35-14-5-8-19-43(35)54-44)52-39-16-6-3-12-33(39)34-13-4-7-17-40(34)52;1-7-5-3-2-4-6-7/h1-27H,(H3,49,50,51);2-6H,1H3. The summed E-state index contributed by atoms with van der Waals surface area (Å²) in [6.45, 7) is 2.08. The van der Waals surface area contributed by atoms with Crippen LogP contribution in [0.1, 0.15) is 16.7 Å². The fourth-order valence-electron chi connectivity index (χ4n) is 8.72. The molecule has 3 N–H and O–H groups in total. The molecule has 5 nitrogen and oxygen atoms in total. The van der Waals surface area contributed by atoms with E-state index < -0.39 is 0 Å². The van der Waals surface area contributed by atoms with Gasteiger partial charge in [-0.15, -0.1) is 11.3 Å². The second kappa shape index (κ2) is 14.8. The average Bonchev–Trinajstić information content (AvgIpc) is 3.98. The molecule has 0 amide bonds. The van der Waals surface area contributed by atoms with Gasteiger partial charge in [0.1, 0.15) is 17.0 Å². The first-order chi connectivity index (χ1) is 30.0. The number of hydrogen-bond acceptors (Lipinski definition) is 3. The van der Waals surface area contributed by atoms with Crippen molar-refractivity contribution >= 4 is 97.7 Å². The van der Waals surface area contributed by atoms with Gasteiger partial charge in [0.15, 0.2) is 5.84 Å². The van der Waals surface area contributed by atoms with Crippen LogP contribution >= 0.6 is 11.3 Å². The molecule has 0 spiro atoms. The molecule has 9 aromatic carbocycles. The van der Waals surface area contributed by atoms with E-state index in [-0.39, 0.29) is 11.7 Å². The zero-order valence-corrected chi connectivity index (χ0v) is 34.1. The van der Waals surface area contributed by atoms with Crippen molar-refractivity contribution in [1.82, 2.24) is 4.57 Å². The highest BCUT2D eigenvalue weighted by Crippen LogP contribution is 2.44. The number of hydrogen-bond donors (Lipinski definition) is 2. The summed E-state index contributed by atoms with van der Waals surface area (Å²) in [6, 6.07) is 67.2. The van der Waals surface area contributed by atoms with Crippen LogP contribution in [0.2, 0.25) is 0 Å². The number of para-hydroxylation sites is 2. The summed E-state index contributed by atoms with van der Waals surface area (Å²) in [7, 11) is 0. The van der Waals surface area contributed by atoms with Gasteiger partial charge in [-0.25, -0.2) is 4.99 Å². The van der Waals surface area contributed by atoms with Crippen molar-refractivity contribution < 1.29 is 4.42 Å². The third-order valence-electron chi connectivity index (χ3n) is 11.6. The zero-order valence-electron chi connectivity index (χ0n) is 33.3. The third kappa shape index (κ3) is 6.33. The van der Waals surface area contributed by atoms with Crippen LogP contribution in [-0.4, -0.2) is 16.2 Å². The maximum Gasteiger partial charge on any atom is 0.154 e. The molecule has 0 radical (unpaired) electrons. The lowest BCUT2D eigenvalue weighted by Crippen LogP contribution is -2.16. The van der Waals surface area contributed by atoms with Crippen molar-refractivity contribution in [3.05, 3.63) is 211 Å². The number of aliphatic imine (C=N–C) groups is 1. The zero-order chi connectivity index (χ0) is 41.0. The monoisotopic (exact) mass is 802 g/mol. The second-order valence-corrected chi connectivity index (χ2v) is 16.5. The number of nitrogens with zero attached hydrogens (tertiary/aromatic N) is 2. The number of aryl methyl sites for hydroxylation is 1. The Morgan fingerprint density at radius 3 is 2.00 bits per heavy atom. The predicted molar refractivity (Wildman–Crippen MR) is 259 cm³/mol. The van der Waals surface area contributed by atoms with E-state index in [0.29, 0.717) is 5.56 Å². The van der Waals surface area contributed by atoms with Gasteiger partial charge in [0.2, 0.25) is 0 Å². The summed E-state index contributed by atoms with van der Waals surface area (Å²) >= 11 is 1.83. The summed E-state index contributed by atoms with van der Waals surface area (Å²) in [5, 5.41) is 17.8. The minimum atomic E-state index is 0.109. The Morgan fingerprint density at radius 1 is 0.557 bits per heavy atom. The Labute approximate surface area is 355 Å². The Bertz CT molecular complexity index is 3650. The summed E-state index contributed by atoms with van der Waals surface area (Å²) in [5.74, 6) is 0.379. The van der Waals surface area contributed by atoms with Gasteiger partial charge in [-0.1, -0.05) is 145 Å². The first-order valence-electron chi connectivity index (χ1n) is 20.3. The minimum absolute atomic E-state index is 0.109. The number of benzene rings is 9. The fourth-order valence-corrected chi connectivity index (χ4v) is 9.89. The molecule has 0 unspecified atom stereocenters. The van der Waals surface area contributed by atoms with Crippen LogP contribution in [0.4, 0.5) is 0 Å². The highest BCUT2D eigenvalue weighted by atomic mass is 32.1. The van der Waals surface area contributed by atoms with E-state index in [1.807, 2.05) is 84.1 Å². The van der Waals surface area contributed by atoms with Crippen molar-refractivity contribution in [2.75, 3.05) is 0 Å².